The van der Waals surface area contributed by atoms with E-state index in [-0.39, 0.29) is 24.4 Å². The van der Waals surface area contributed by atoms with Gasteiger partial charge in [0.25, 0.3) is 5.56 Å². The Kier molecular flexibility index (Phi) is 6.12. The fraction of sp³-hybridized carbons (Fsp3) is 0.240. The maximum atomic E-state index is 13.7. The summed E-state index contributed by atoms with van der Waals surface area (Å²) >= 11 is 1.27. The molecule has 0 aliphatic rings. The van der Waals surface area contributed by atoms with Gasteiger partial charge in [0, 0.05) is 0 Å². The van der Waals surface area contributed by atoms with E-state index in [0.29, 0.717) is 40.5 Å². The van der Waals surface area contributed by atoms with Crippen LogP contribution in [0.2, 0.25) is 0 Å². The predicted molar refractivity (Wildman–Crippen MR) is 132 cm³/mol. The molecule has 0 aliphatic heterocycles. The average Bonchev–Trinajstić information content (AvgIpc) is 3.44. The summed E-state index contributed by atoms with van der Waals surface area (Å²) < 4.78 is 29.7. The molecular weight excluding hydrogens is 471 g/mol. The monoisotopic (exact) mass is 494 g/mol. The van der Waals surface area contributed by atoms with Gasteiger partial charge >= 0.3 is 5.69 Å². The lowest BCUT2D eigenvalue weighted by Crippen LogP contribution is -2.26. The van der Waals surface area contributed by atoms with Crippen LogP contribution < -0.4 is 20.7 Å². The van der Waals surface area contributed by atoms with E-state index in [1.807, 2.05) is 32.0 Å². The number of fused-ring (bicyclic) bond motifs is 3. The molecule has 0 saturated heterocycles. The average molecular weight is 495 g/mol. The van der Waals surface area contributed by atoms with E-state index in [9.17, 15) is 14.0 Å². The van der Waals surface area contributed by atoms with Gasteiger partial charge in [0.15, 0.2) is 11.5 Å². The molecule has 10 heteroatoms. The number of aromatic nitrogens is 4. The number of benzene rings is 2. The van der Waals surface area contributed by atoms with Gasteiger partial charge in [-0.05, 0) is 60.7 Å². The summed E-state index contributed by atoms with van der Waals surface area (Å²) in [5.74, 6) is 1.04. The number of thiophene rings is 1. The second-order valence-corrected chi connectivity index (χ2v) is 8.80. The van der Waals surface area contributed by atoms with Crippen LogP contribution in [0.3, 0.4) is 0 Å². The summed E-state index contributed by atoms with van der Waals surface area (Å²) in [7, 11) is 0. The highest BCUT2D eigenvalue weighted by Gasteiger charge is 2.19. The molecule has 0 spiro atoms. The Balaban J connectivity index is 1.65. The topological polar surface area (TPSA) is 79.8 Å². The van der Waals surface area contributed by atoms with Crippen molar-refractivity contribution in [1.29, 1.82) is 0 Å². The van der Waals surface area contributed by atoms with Crippen LogP contribution in [0, 0.1) is 5.82 Å². The van der Waals surface area contributed by atoms with Crippen LogP contribution in [-0.4, -0.2) is 32.0 Å². The molecule has 0 saturated carbocycles. The van der Waals surface area contributed by atoms with Crippen LogP contribution in [0.1, 0.15) is 25.0 Å². The summed E-state index contributed by atoms with van der Waals surface area (Å²) in [5.41, 5.74) is 1.26. The minimum atomic E-state index is -0.400. The number of hydrogen-bond acceptors (Lipinski definition) is 6. The van der Waals surface area contributed by atoms with Gasteiger partial charge in [-0.3, -0.25) is 9.36 Å². The minimum absolute atomic E-state index is 0.0790. The van der Waals surface area contributed by atoms with Gasteiger partial charge in [-0.25, -0.2) is 18.3 Å². The van der Waals surface area contributed by atoms with Crippen molar-refractivity contribution < 1.29 is 13.9 Å². The quantitative estimate of drug-likeness (QED) is 0.327. The molecule has 0 unspecified atom stereocenters. The molecule has 5 rings (SSSR count). The van der Waals surface area contributed by atoms with Crippen LogP contribution in [0.4, 0.5) is 4.39 Å². The summed E-state index contributed by atoms with van der Waals surface area (Å²) in [6, 6.07) is 13.2. The van der Waals surface area contributed by atoms with Gasteiger partial charge in [-0.1, -0.05) is 18.2 Å². The standard InChI is InChI=1S/C25H23FN4O4S/c1-3-33-20-9-8-17(13-21(20)34-4-2)14-28-23(31)22-19(10-11-35-22)30-24(28)27-29(25(30)32)15-16-6-5-7-18(26)12-16/h5-13H,3-4,14-15H2,1-2H3. The van der Waals surface area contributed by atoms with Crippen molar-refractivity contribution in [1.82, 2.24) is 18.7 Å². The first-order valence-electron chi connectivity index (χ1n) is 11.2. The zero-order valence-electron chi connectivity index (χ0n) is 19.2. The van der Waals surface area contributed by atoms with Crippen molar-refractivity contribution in [2.75, 3.05) is 13.2 Å². The van der Waals surface area contributed by atoms with E-state index in [1.165, 1.54) is 37.1 Å². The van der Waals surface area contributed by atoms with Crippen LogP contribution in [-0.2, 0) is 13.1 Å². The highest BCUT2D eigenvalue weighted by atomic mass is 32.1. The Bertz CT molecular complexity index is 1650. The molecule has 180 valence electrons. The molecule has 3 aromatic heterocycles. The molecule has 3 heterocycles. The summed E-state index contributed by atoms with van der Waals surface area (Å²) in [6.07, 6.45) is 0. The Morgan fingerprint density at radius 3 is 2.49 bits per heavy atom. The molecule has 5 aromatic rings. The van der Waals surface area contributed by atoms with E-state index in [4.69, 9.17) is 9.47 Å². The first-order chi connectivity index (χ1) is 17.0. The first kappa shape index (κ1) is 22.9. The maximum Gasteiger partial charge on any atom is 0.352 e. The van der Waals surface area contributed by atoms with E-state index >= 15 is 0 Å². The highest BCUT2D eigenvalue weighted by Crippen LogP contribution is 2.29. The molecule has 35 heavy (non-hydrogen) atoms. The van der Waals surface area contributed by atoms with E-state index in [2.05, 4.69) is 5.10 Å². The summed E-state index contributed by atoms with van der Waals surface area (Å²) in [5, 5.41) is 6.26. The molecule has 0 fully saturated rings. The Labute approximate surface area is 203 Å². The number of ether oxygens (including phenoxy) is 2. The molecule has 0 atom stereocenters. The van der Waals surface area contributed by atoms with Crippen molar-refractivity contribution in [3.63, 3.8) is 0 Å². The SMILES string of the molecule is CCOc1ccc(Cn2c(=O)c3sccc3n3c(=O)n(Cc4cccc(F)c4)nc23)cc1OCC. The Morgan fingerprint density at radius 2 is 1.71 bits per heavy atom. The van der Waals surface area contributed by atoms with Gasteiger partial charge in [0.2, 0.25) is 5.78 Å². The third kappa shape index (κ3) is 4.21. The number of hydrogen-bond donors (Lipinski definition) is 0. The lowest BCUT2D eigenvalue weighted by Gasteiger charge is -2.13. The fourth-order valence-electron chi connectivity index (χ4n) is 4.06. The van der Waals surface area contributed by atoms with Gasteiger partial charge in [0.1, 0.15) is 10.5 Å². The van der Waals surface area contributed by atoms with Crippen molar-refractivity contribution >= 4 is 27.3 Å². The van der Waals surface area contributed by atoms with Crippen molar-refractivity contribution in [2.24, 2.45) is 0 Å². The van der Waals surface area contributed by atoms with Gasteiger partial charge in [-0.2, -0.15) is 0 Å². The van der Waals surface area contributed by atoms with E-state index < -0.39 is 11.5 Å². The number of nitrogens with zero attached hydrogens (tertiary/aromatic N) is 4. The smallest absolute Gasteiger partial charge is 0.352 e. The maximum absolute atomic E-state index is 13.7. The van der Waals surface area contributed by atoms with Crippen LogP contribution >= 0.6 is 11.3 Å². The predicted octanol–water partition coefficient (Wildman–Crippen LogP) is 3.91. The molecule has 0 bridgehead atoms. The molecule has 0 amide bonds. The highest BCUT2D eigenvalue weighted by molar-refractivity contribution is 7.17. The number of halogens is 1. The molecule has 0 aliphatic carbocycles. The Hall–Kier alpha value is -3.92. The van der Waals surface area contributed by atoms with Crippen molar-refractivity contribution in [2.45, 2.75) is 26.9 Å². The zero-order chi connectivity index (χ0) is 24.5. The van der Waals surface area contributed by atoms with E-state index in [0.717, 1.165) is 5.56 Å². The normalized spacial score (nSPS) is 11.4. The second kappa shape index (κ2) is 9.38. The van der Waals surface area contributed by atoms with E-state index in [1.54, 1.807) is 23.6 Å². The molecule has 0 radical (unpaired) electrons. The Morgan fingerprint density at radius 1 is 0.943 bits per heavy atom. The second-order valence-electron chi connectivity index (χ2n) is 7.88. The third-order valence-electron chi connectivity index (χ3n) is 5.56. The molecule has 0 N–H and O–H groups in total. The van der Waals surface area contributed by atoms with Crippen LogP contribution in [0.5, 0.6) is 11.5 Å². The molecule has 8 nitrogen and oxygen atoms in total. The van der Waals surface area contributed by atoms with Crippen molar-refractivity contribution in [3.05, 3.63) is 91.7 Å². The summed E-state index contributed by atoms with van der Waals surface area (Å²) in [6.45, 7) is 5.01. The first-order valence-corrected chi connectivity index (χ1v) is 12.1. The van der Waals surface area contributed by atoms with Gasteiger partial charge in [-0.15, -0.1) is 16.4 Å². The van der Waals surface area contributed by atoms with Gasteiger partial charge in [0.05, 0.1) is 31.8 Å². The largest absolute Gasteiger partial charge is 0.490 e. The van der Waals surface area contributed by atoms with Crippen LogP contribution in [0.15, 0.2) is 63.5 Å². The third-order valence-corrected chi connectivity index (χ3v) is 6.45. The lowest BCUT2D eigenvalue weighted by atomic mass is 10.2. The molecular formula is C25H23FN4O4S. The summed E-state index contributed by atoms with van der Waals surface area (Å²) in [4.78, 5) is 26.7. The minimum Gasteiger partial charge on any atom is -0.490 e. The fourth-order valence-corrected chi connectivity index (χ4v) is 4.89. The van der Waals surface area contributed by atoms with Gasteiger partial charge < -0.3 is 9.47 Å². The van der Waals surface area contributed by atoms with Crippen molar-refractivity contribution in [3.8, 4) is 11.5 Å². The van der Waals surface area contributed by atoms with Crippen LogP contribution in [0.25, 0.3) is 16.0 Å². The molecule has 2 aromatic carbocycles. The number of rotatable bonds is 8. The zero-order valence-corrected chi connectivity index (χ0v) is 20.0. The lowest BCUT2D eigenvalue weighted by molar-refractivity contribution is 0.287.